The molecule has 0 saturated carbocycles. The number of nitrogens with zero attached hydrogens (tertiary/aromatic N) is 2. The molecular formula is C39H42N4O4. The second-order valence-electron chi connectivity index (χ2n) is 13.1. The lowest BCUT2D eigenvalue weighted by molar-refractivity contribution is -0.136. The van der Waals surface area contributed by atoms with E-state index in [-0.39, 0.29) is 30.3 Å². The van der Waals surface area contributed by atoms with Crippen LogP contribution in [0.4, 0.5) is 5.69 Å². The number of hydrogen-bond acceptors (Lipinski definition) is 6. The zero-order valence-electron chi connectivity index (χ0n) is 27.8. The Morgan fingerprint density at radius 3 is 2.04 bits per heavy atom. The summed E-state index contributed by atoms with van der Waals surface area (Å²) in [7, 11) is 0. The quantitative estimate of drug-likeness (QED) is 0.135. The number of anilines is 1. The molecule has 0 fully saturated rings. The molecule has 47 heavy (non-hydrogen) atoms. The number of amides is 1. The second-order valence-corrected chi connectivity index (χ2v) is 13.1. The topological polar surface area (TPSA) is 117 Å². The first-order valence-corrected chi connectivity index (χ1v) is 15.9. The maximum absolute atomic E-state index is 12.5. The Morgan fingerprint density at radius 1 is 0.830 bits per heavy atom. The molecule has 242 valence electrons. The molecule has 0 aliphatic heterocycles. The minimum atomic E-state index is -0.961. The van der Waals surface area contributed by atoms with Crippen molar-refractivity contribution in [2.45, 2.75) is 65.8 Å². The highest BCUT2D eigenvalue weighted by molar-refractivity contribution is 5.94. The lowest BCUT2D eigenvalue weighted by Gasteiger charge is -2.19. The van der Waals surface area contributed by atoms with Crippen LogP contribution in [0.3, 0.4) is 0 Å². The first-order chi connectivity index (χ1) is 22.4. The van der Waals surface area contributed by atoms with E-state index < -0.39 is 5.97 Å². The molecule has 1 amide bonds. The Balaban J connectivity index is 1.39. The molecule has 1 unspecified atom stereocenters. The molecule has 3 N–H and O–H groups in total. The number of aromatic nitrogens is 2. The van der Waals surface area contributed by atoms with Gasteiger partial charge in [-0.05, 0) is 96.0 Å². The number of benzene rings is 4. The zero-order valence-corrected chi connectivity index (χ0v) is 27.8. The van der Waals surface area contributed by atoms with Gasteiger partial charge in [0.1, 0.15) is 6.04 Å². The summed E-state index contributed by atoms with van der Waals surface area (Å²) in [6.45, 7) is 13.0. The predicted molar refractivity (Wildman–Crippen MR) is 186 cm³/mol. The van der Waals surface area contributed by atoms with Gasteiger partial charge < -0.3 is 20.2 Å². The van der Waals surface area contributed by atoms with Crippen LogP contribution in [-0.2, 0) is 16.6 Å². The third-order valence-corrected chi connectivity index (χ3v) is 8.21. The fraction of sp³-hybridized carbons (Fsp3) is 0.282. The molecule has 5 rings (SSSR count). The Bertz CT molecular complexity index is 1830. The number of carboxylic acid groups (broad SMARTS) is 1. The Hall–Kier alpha value is -5.24. The van der Waals surface area contributed by atoms with Crippen molar-refractivity contribution < 1.29 is 19.1 Å². The molecule has 5 aromatic rings. The normalized spacial score (nSPS) is 12.0. The van der Waals surface area contributed by atoms with Crippen LogP contribution in [-0.4, -0.2) is 33.7 Å². The molecule has 0 bridgehead atoms. The summed E-state index contributed by atoms with van der Waals surface area (Å²) < 4.78 is 6.27. The zero-order chi connectivity index (χ0) is 33.7. The van der Waals surface area contributed by atoms with Gasteiger partial charge in [-0.1, -0.05) is 74.9 Å². The number of carbonyl (C=O) groups is 2. The van der Waals surface area contributed by atoms with Gasteiger partial charge in [0, 0.05) is 29.8 Å². The van der Waals surface area contributed by atoms with Gasteiger partial charge in [0.2, 0.25) is 11.8 Å². The average molecular weight is 631 g/mol. The van der Waals surface area contributed by atoms with E-state index in [1.54, 1.807) is 12.1 Å². The van der Waals surface area contributed by atoms with Crippen LogP contribution in [0.5, 0.6) is 0 Å². The fourth-order valence-corrected chi connectivity index (χ4v) is 5.79. The number of carboxylic acids is 1. The van der Waals surface area contributed by atoms with E-state index in [1.165, 1.54) is 33.4 Å². The monoisotopic (exact) mass is 630 g/mol. The van der Waals surface area contributed by atoms with E-state index in [4.69, 9.17) is 9.52 Å². The van der Waals surface area contributed by atoms with Crippen molar-refractivity contribution in [1.29, 1.82) is 0 Å². The van der Waals surface area contributed by atoms with E-state index >= 15 is 0 Å². The molecule has 8 heteroatoms. The highest BCUT2D eigenvalue weighted by Gasteiger charge is 2.22. The van der Waals surface area contributed by atoms with Gasteiger partial charge in [-0.15, -0.1) is 10.2 Å². The van der Waals surface area contributed by atoms with Crippen LogP contribution in [0.15, 0.2) is 89.3 Å². The van der Waals surface area contributed by atoms with E-state index in [0.29, 0.717) is 23.8 Å². The number of aliphatic carboxylic acids is 1. The van der Waals surface area contributed by atoms with Crippen LogP contribution in [0.1, 0.15) is 77.3 Å². The summed E-state index contributed by atoms with van der Waals surface area (Å²) in [5.41, 5.74) is 10.6. The molecule has 0 saturated heterocycles. The molecule has 8 nitrogen and oxygen atoms in total. The molecule has 1 aromatic heterocycles. The van der Waals surface area contributed by atoms with E-state index in [0.717, 1.165) is 16.8 Å². The van der Waals surface area contributed by atoms with E-state index in [2.05, 4.69) is 111 Å². The molecule has 0 aliphatic rings. The largest absolute Gasteiger partial charge is 0.481 e. The standard InChI is InChI=1S/C39H42N4O4/c1-24-21-25(2)35(26(3)22-24)28-9-7-27(8-10-28)23-33(41-32-17-13-29(14-18-32)36(46)40-20-19-34(44)45)38-43-42-37(47-38)30-11-15-31(16-12-30)39(4,5)6/h7-18,21-22,33,41H,19-20,23H2,1-6H3,(H,40,46)(H,44,45). The Morgan fingerprint density at radius 2 is 1.45 bits per heavy atom. The van der Waals surface area contributed by atoms with Crippen molar-refractivity contribution >= 4 is 17.6 Å². The Labute approximate surface area is 276 Å². The molecular weight excluding hydrogens is 588 g/mol. The number of hydrogen-bond donors (Lipinski definition) is 3. The maximum atomic E-state index is 12.5. The van der Waals surface area contributed by atoms with Gasteiger partial charge in [-0.2, -0.15) is 0 Å². The van der Waals surface area contributed by atoms with E-state index in [9.17, 15) is 9.59 Å². The predicted octanol–water partition coefficient (Wildman–Crippen LogP) is 8.23. The number of rotatable bonds is 11. The number of carbonyl (C=O) groups excluding carboxylic acids is 1. The SMILES string of the molecule is Cc1cc(C)c(-c2ccc(CC(Nc3ccc(C(=O)NCCC(=O)O)cc3)c3nnc(-c4ccc(C(C)(C)C)cc4)o3)cc2)c(C)c1. The van der Waals surface area contributed by atoms with Crippen LogP contribution in [0.2, 0.25) is 0 Å². The highest BCUT2D eigenvalue weighted by Crippen LogP contribution is 2.31. The van der Waals surface area contributed by atoms with Crippen molar-refractivity contribution in [2.75, 3.05) is 11.9 Å². The first kappa shape index (κ1) is 33.1. The third kappa shape index (κ3) is 8.33. The maximum Gasteiger partial charge on any atom is 0.305 e. The van der Waals surface area contributed by atoms with Gasteiger partial charge in [0.25, 0.3) is 5.91 Å². The third-order valence-electron chi connectivity index (χ3n) is 8.21. The molecule has 1 heterocycles. The van der Waals surface area contributed by atoms with Gasteiger partial charge in [0.05, 0.1) is 6.42 Å². The summed E-state index contributed by atoms with van der Waals surface area (Å²) in [6.07, 6.45) is 0.444. The molecule has 0 aliphatic carbocycles. The smallest absolute Gasteiger partial charge is 0.305 e. The second kappa shape index (κ2) is 14.0. The molecule has 0 radical (unpaired) electrons. The number of aryl methyl sites for hydroxylation is 3. The average Bonchev–Trinajstić information content (AvgIpc) is 3.51. The van der Waals surface area contributed by atoms with Gasteiger partial charge in [0.15, 0.2) is 0 Å². The highest BCUT2D eigenvalue weighted by atomic mass is 16.4. The minimum Gasteiger partial charge on any atom is -0.481 e. The van der Waals surface area contributed by atoms with Crippen LogP contribution in [0, 0.1) is 20.8 Å². The Kier molecular flexibility index (Phi) is 9.89. The van der Waals surface area contributed by atoms with Crippen LogP contribution >= 0.6 is 0 Å². The summed E-state index contributed by atoms with van der Waals surface area (Å²) in [5, 5.41) is 23.8. The molecule has 0 spiro atoms. The van der Waals surface area contributed by atoms with Gasteiger partial charge in [-0.3, -0.25) is 9.59 Å². The van der Waals surface area contributed by atoms with Crippen LogP contribution in [0.25, 0.3) is 22.6 Å². The first-order valence-electron chi connectivity index (χ1n) is 15.9. The summed E-state index contributed by atoms with van der Waals surface area (Å²) in [5.74, 6) is -0.393. The van der Waals surface area contributed by atoms with Gasteiger partial charge >= 0.3 is 5.97 Å². The lowest BCUT2D eigenvalue weighted by Crippen LogP contribution is -2.25. The van der Waals surface area contributed by atoms with Crippen molar-refractivity contribution in [3.63, 3.8) is 0 Å². The lowest BCUT2D eigenvalue weighted by atomic mass is 9.87. The fourth-order valence-electron chi connectivity index (χ4n) is 5.79. The number of nitrogens with one attached hydrogen (secondary N) is 2. The van der Waals surface area contributed by atoms with Crippen molar-refractivity contribution in [2.24, 2.45) is 0 Å². The summed E-state index contributed by atoms with van der Waals surface area (Å²) in [4.78, 5) is 23.3. The van der Waals surface area contributed by atoms with Crippen molar-refractivity contribution in [3.05, 3.63) is 124 Å². The molecule has 1 atom stereocenters. The van der Waals surface area contributed by atoms with Crippen molar-refractivity contribution in [3.8, 4) is 22.6 Å². The molecule has 4 aromatic carbocycles. The summed E-state index contributed by atoms with van der Waals surface area (Å²) >= 11 is 0. The van der Waals surface area contributed by atoms with Gasteiger partial charge in [-0.25, -0.2) is 0 Å². The van der Waals surface area contributed by atoms with Crippen molar-refractivity contribution in [1.82, 2.24) is 15.5 Å². The van der Waals surface area contributed by atoms with E-state index in [1.807, 2.05) is 24.3 Å². The summed E-state index contributed by atoms with van der Waals surface area (Å²) in [6, 6.07) is 27.9. The minimum absolute atomic E-state index is 0.0363. The van der Waals surface area contributed by atoms with Crippen LogP contribution < -0.4 is 10.6 Å².